The van der Waals surface area contributed by atoms with Crippen LogP contribution in [0.5, 0.6) is 5.75 Å². The molecule has 1 aromatic carbocycles. The molecule has 0 amide bonds. The summed E-state index contributed by atoms with van der Waals surface area (Å²) in [5, 5.41) is 0.214. The molecule has 4 rings (SSSR count). The molecule has 0 heterocycles. The van der Waals surface area contributed by atoms with Crippen LogP contribution >= 0.6 is 0 Å². The SMILES string of the molecule is C=CC12CCc3cc(OC)ccc3C1[C@@H](CCCCC=O)C[C@@]1(C)C2CC[C@@H]1O[Si](C)(C)C(C)(C)C. The van der Waals surface area contributed by atoms with Crippen LogP contribution < -0.4 is 4.74 Å². The van der Waals surface area contributed by atoms with Crippen molar-refractivity contribution in [1.82, 2.24) is 0 Å². The molecular weight excluding hydrogens is 460 g/mol. The number of rotatable bonds is 9. The van der Waals surface area contributed by atoms with Crippen molar-refractivity contribution in [1.29, 1.82) is 0 Å². The Labute approximate surface area is 221 Å². The highest BCUT2D eigenvalue weighted by Crippen LogP contribution is 2.70. The second-order valence-electron chi connectivity index (χ2n) is 13.8. The zero-order valence-corrected chi connectivity index (χ0v) is 25.0. The molecule has 0 aliphatic heterocycles. The van der Waals surface area contributed by atoms with E-state index in [0.29, 0.717) is 30.3 Å². The van der Waals surface area contributed by atoms with Crippen molar-refractivity contribution in [3.63, 3.8) is 0 Å². The fraction of sp³-hybridized carbons (Fsp3) is 0.719. The summed E-state index contributed by atoms with van der Waals surface area (Å²) >= 11 is 0. The van der Waals surface area contributed by atoms with E-state index in [9.17, 15) is 4.79 Å². The van der Waals surface area contributed by atoms with E-state index in [2.05, 4.69) is 71.6 Å². The lowest BCUT2D eigenvalue weighted by Gasteiger charge is -2.61. The Kier molecular flexibility index (Phi) is 7.72. The zero-order chi connectivity index (χ0) is 26.4. The number of methoxy groups -OCH3 is 1. The molecule has 2 fully saturated rings. The van der Waals surface area contributed by atoms with E-state index in [0.717, 1.165) is 31.3 Å². The van der Waals surface area contributed by atoms with E-state index in [4.69, 9.17) is 9.16 Å². The Morgan fingerprint density at radius 3 is 2.58 bits per heavy atom. The first-order valence-corrected chi connectivity index (χ1v) is 17.3. The van der Waals surface area contributed by atoms with Crippen LogP contribution in [0.3, 0.4) is 0 Å². The number of hydrogen-bond donors (Lipinski definition) is 0. The Balaban J connectivity index is 1.75. The van der Waals surface area contributed by atoms with E-state index >= 15 is 0 Å². The van der Waals surface area contributed by atoms with Crippen molar-refractivity contribution in [2.75, 3.05) is 7.11 Å². The van der Waals surface area contributed by atoms with Gasteiger partial charge in [0.25, 0.3) is 0 Å². The summed E-state index contributed by atoms with van der Waals surface area (Å²) in [7, 11) is -0.111. The molecule has 0 radical (unpaired) electrons. The van der Waals surface area contributed by atoms with Gasteiger partial charge in [0.05, 0.1) is 13.2 Å². The van der Waals surface area contributed by atoms with Gasteiger partial charge < -0.3 is 14.0 Å². The Bertz CT molecular complexity index is 963. The third-order valence-corrected chi connectivity index (χ3v) is 15.4. The maximum Gasteiger partial charge on any atom is 0.192 e. The van der Waals surface area contributed by atoms with Crippen LogP contribution in [-0.2, 0) is 15.6 Å². The average Bonchev–Trinajstić information content (AvgIpc) is 3.15. The summed E-state index contributed by atoms with van der Waals surface area (Å²) in [5.41, 5.74) is 3.26. The minimum Gasteiger partial charge on any atom is -0.497 e. The molecule has 0 spiro atoms. The molecule has 0 N–H and O–H groups in total. The van der Waals surface area contributed by atoms with Gasteiger partial charge in [0.2, 0.25) is 0 Å². The number of aldehydes is 1. The summed E-state index contributed by atoms with van der Waals surface area (Å²) in [4.78, 5) is 11.0. The molecule has 2 saturated carbocycles. The first-order chi connectivity index (χ1) is 16.9. The third kappa shape index (κ3) is 4.55. The maximum atomic E-state index is 11.0. The van der Waals surface area contributed by atoms with Crippen LogP contribution in [0.2, 0.25) is 18.1 Å². The van der Waals surface area contributed by atoms with Crippen LogP contribution in [-0.4, -0.2) is 27.8 Å². The van der Waals surface area contributed by atoms with Gasteiger partial charge in [-0.1, -0.05) is 46.3 Å². The van der Waals surface area contributed by atoms with Crippen LogP contribution in [0, 0.1) is 22.7 Å². The van der Waals surface area contributed by atoms with Gasteiger partial charge >= 0.3 is 0 Å². The van der Waals surface area contributed by atoms with Crippen LogP contribution in [0.1, 0.15) is 96.1 Å². The van der Waals surface area contributed by atoms with Crippen molar-refractivity contribution in [2.45, 2.75) is 116 Å². The van der Waals surface area contributed by atoms with Crippen molar-refractivity contribution in [2.24, 2.45) is 22.7 Å². The largest absolute Gasteiger partial charge is 0.497 e. The molecule has 6 atom stereocenters. The van der Waals surface area contributed by atoms with Crippen molar-refractivity contribution < 1.29 is 14.0 Å². The van der Waals surface area contributed by atoms with Crippen LogP contribution in [0.25, 0.3) is 0 Å². The van der Waals surface area contributed by atoms with Gasteiger partial charge in [-0.15, -0.1) is 6.58 Å². The molecule has 36 heavy (non-hydrogen) atoms. The number of carbonyl (C=O) groups excluding carboxylic acids is 1. The second kappa shape index (κ2) is 10.1. The number of unbranched alkanes of at least 4 members (excludes halogenated alkanes) is 2. The van der Waals surface area contributed by atoms with Gasteiger partial charge in [-0.2, -0.15) is 0 Å². The lowest BCUT2D eigenvalue weighted by Crippen LogP contribution is -2.56. The summed E-state index contributed by atoms with van der Waals surface area (Å²) < 4.78 is 12.8. The molecule has 200 valence electrons. The molecule has 3 unspecified atom stereocenters. The van der Waals surface area contributed by atoms with Crippen molar-refractivity contribution >= 4 is 14.6 Å². The van der Waals surface area contributed by atoms with Crippen molar-refractivity contribution in [3.8, 4) is 5.75 Å². The summed E-state index contributed by atoms with van der Waals surface area (Å²) in [5.74, 6) is 2.63. The lowest BCUT2D eigenvalue weighted by molar-refractivity contribution is -0.108. The molecule has 3 nitrogen and oxygen atoms in total. The zero-order valence-electron chi connectivity index (χ0n) is 24.0. The van der Waals surface area contributed by atoms with Crippen LogP contribution in [0.15, 0.2) is 30.9 Å². The average molecular weight is 511 g/mol. The number of aryl methyl sites for hydroxylation is 1. The van der Waals surface area contributed by atoms with Gasteiger partial charge in [-0.25, -0.2) is 0 Å². The monoisotopic (exact) mass is 510 g/mol. The highest BCUT2D eigenvalue weighted by Gasteiger charge is 2.64. The molecule has 4 heteroatoms. The van der Waals surface area contributed by atoms with E-state index in [-0.39, 0.29) is 15.9 Å². The summed E-state index contributed by atoms with van der Waals surface area (Å²) in [6.07, 6.45) is 13.6. The van der Waals surface area contributed by atoms with E-state index < -0.39 is 8.32 Å². The quantitative estimate of drug-likeness (QED) is 0.145. The molecule has 3 aliphatic carbocycles. The van der Waals surface area contributed by atoms with Gasteiger partial charge in [0.15, 0.2) is 8.32 Å². The number of benzene rings is 1. The fourth-order valence-electron chi connectivity index (χ4n) is 8.15. The smallest absolute Gasteiger partial charge is 0.192 e. The first-order valence-electron chi connectivity index (χ1n) is 14.4. The van der Waals surface area contributed by atoms with Crippen LogP contribution in [0.4, 0.5) is 0 Å². The number of carbonyl (C=O) groups is 1. The highest BCUT2D eigenvalue weighted by molar-refractivity contribution is 6.74. The Morgan fingerprint density at radius 2 is 1.94 bits per heavy atom. The molecule has 3 aliphatic rings. The normalized spacial score (nSPS) is 33.9. The topological polar surface area (TPSA) is 35.5 Å². The van der Waals surface area contributed by atoms with E-state index in [1.165, 1.54) is 43.2 Å². The molecule has 0 saturated heterocycles. The molecule has 0 bridgehead atoms. The molecular formula is C32H50O3Si. The predicted molar refractivity (Wildman–Crippen MR) is 152 cm³/mol. The van der Waals surface area contributed by atoms with E-state index in [1.807, 2.05) is 0 Å². The van der Waals surface area contributed by atoms with Gasteiger partial charge in [0.1, 0.15) is 12.0 Å². The predicted octanol–water partition coefficient (Wildman–Crippen LogP) is 8.48. The number of allylic oxidation sites excluding steroid dienone is 1. The number of fused-ring (bicyclic) bond motifs is 5. The van der Waals surface area contributed by atoms with Gasteiger partial charge in [-0.3, -0.25) is 0 Å². The fourth-order valence-corrected chi connectivity index (χ4v) is 9.60. The number of hydrogen-bond acceptors (Lipinski definition) is 3. The minimum absolute atomic E-state index is 0.107. The lowest BCUT2D eigenvalue weighted by atomic mass is 9.44. The summed E-state index contributed by atoms with van der Waals surface area (Å²) in [6, 6.07) is 6.79. The Morgan fingerprint density at radius 1 is 1.19 bits per heavy atom. The standard InChI is InChI=1S/C32H50O3Si/c1-9-32-19-18-23-21-25(34-6)14-15-26(23)29(32)24(13-11-10-12-20-33)22-31(5)27(32)16-17-28(31)35-36(7,8)30(2,3)4/h9,14-15,20-21,24,27-29H,1,10-13,16-19,22H2,2-8H3/t24-,27?,28-,29?,31-,32?/m0/s1. The summed E-state index contributed by atoms with van der Waals surface area (Å²) in [6.45, 7) is 19.0. The maximum absolute atomic E-state index is 11.0. The number of ether oxygens (including phenoxy) is 1. The molecule has 1 aromatic rings. The van der Waals surface area contributed by atoms with Gasteiger partial charge in [0, 0.05) is 6.42 Å². The first kappa shape index (κ1) is 27.6. The molecule has 0 aromatic heterocycles. The minimum atomic E-state index is -1.88. The van der Waals surface area contributed by atoms with Gasteiger partial charge in [-0.05, 0) is 115 Å². The third-order valence-electron chi connectivity index (χ3n) is 10.9. The van der Waals surface area contributed by atoms with E-state index in [1.54, 1.807) is 7.11 Å². The Hall–Kier alpha value is -1.39. The van der Waals surface area contributed by atoms with Crippen molar-refractivity contribution in [3.05, 3.63) is 42.0 Å². The second-order valence-corrected chi connectivity index (χ2v) is 18.5. The highest BCUT2D eigenvalue weighted by atomic mass is 28.4.